The van der Waals surface area contributed by atoms with Gasteiger partial charge in [0.15, 0.2) is 0 Å². The molecule has 0 radical (unpaired) electrons. The number of carbonyl (C=O) groups is 2. The number of halogens is 1. The Morgan fingerprint density at radius 2 is 1.87 bits per heavy atom. The molecular formula is C22H31ClN2O6. The zero-order valence-electron chi connectivity index (χ0n) is 18.8. The molecule has 1 aromatic carbocycles. The average Bonchev–Trinajstić information content (AvgIpc) is 3.18. The van der Waals surface area contributed by atoms with Crippen LogP contribution in [0.3, 0.4) is 0 Å². The van der Waals surface area contributed by atoms with E-state index in [9.17, 15) is 14.4 Å². The van der Waals surface area contributed by atoms with Crippen LogP contribution in [0.15, 0.2) is 29.1 Å². The van der Waals surface area contributed by atoms with Gasteiger partial charge < -0.3 is 19.6 Å². The fourth-order valence-electron chi connectivity index (χ4n) is 2.90. The van der Waals surface area contributed by atoms with Crippen molar-refractivity contribution in [3.8, 4) is 5.75 Å². The number of carboxylic acid groups (broad SMARTS) is 1. The number of benzene rings is 1. The smallest absolute Gasteiger partial charge is 0.411 e. The van der Waals surface area contributed by atoms with Crippen LogP contribution >= 0.6 is 11.6 Å². The van der Waals surface area contributed by atoms with Crippen LogP contribution < -0.4 is 10.3 Å². The third-order valence-corrected chi connectivity index (χ3v) is 4.39. The lowest BCUT2D eigenvalue weighted by Crippen LogP contribution is -2.43. The number of methoxy groups -OCH3 is 1. The molecule has 1 saturated heterocycles. The lowest BCUT2D eigenvalue weighted by molar-refractivity contribution is -0.142. The number of aromatic amines is 1. The predicted molar refractivity (Wildman–Crippen MR) is 121 cm³/mol. The lowest BCUT2D eigenvalue weighted by atomic mass is 10.2. The van der Waals surface area contributed by atoms with E-state index in [-0.39, 0.29) is 5.56 Å². The molecule has 0 unspecified atom stereocenters. The average molecular weight is 455 g/mol. The first-order valence-corrected chi connectivity index (χ1v) is 10.5. The van der Waals surface area contributed by atoms with Crippen LogP contribution in [0.25, 0.3) is 10.8 Å². The van der Waals surface area contributed by atoms with Gasteiger partial charge in [-0.1, -0.05) is 25.4 Å². The normalized spacial score (nSPS) is 15.3. The highest BCUT2D eigenvalue weighted by Crippen LogP contribution is 2.21. The number of aliphatic carboxylic acids is 1. The van der Waals surface area contributed by atoms with E-state index >= 15 is 0 Å². The summed E-state index contributed by atoms with van der Waals surface area (Å²) in [6.07, 6.45) is 0.692. The number of hydrogen-bond donors (Lipinski definition) is 2. The molecule has 2 aromatic rings. The van der Waals surface area contributed by atoms with E-state index in [0.717, 1.165) is 11.8 Å². The van der Waals surface area contributed by atoms with Gasteiger partial charge in [-0.05, 0) is 63.3 Å². The molecule has 2 N–H and O–H groups in total. The highest BCUT2D eigenvalue weighted by atomic mass is 35.5. The Morgan fingerprint density at radius 3 is 2.42 bits per heavy atom. The van der Waals surface area contributed by atoms with E-state index in [1.807, 2.05) is 13.8 Å². The Balaban J connectivity index is 0.000000287. The van der Waals surface area contributed by atoms with Crippen LogP contribution in [0.1, 0.15) is 47.5 Å². The third-order valence-electron chi connectivity index (χ3n) is 4.18. The number of hydrogen-bond acceptors (Lipinski definition) is 5. The van der Waals surface area contributed by atoms with Crippen molar-refractivity contribution >= 4 is 34.4 Å². The number of carbonyl (C=O) groups excluding carboxylic acids is 1. The van der Waals surface area contributed by atoms with Crippen LogP contribution in [0.4, 0.5) is 4.79 Å². The van der Waals surface area contributed by atoms with Gasteiger partial charge in [-0.2, -0.15) is 0 Å². The van der Waals surface area contributed by atoms with E-state index in [4.69, 9.17) is 26.2 Å². The standard InChI is InChI=1S/C10H8ClNO2.C10H17NO4.C2H6/c1-14-7-2-3-8-6(4-7)5-9(11)12-10(8)13;1-10(2,3)15-9(14)11-6-4-5-7(11)8(12)13;1-2/h2-5H,1H3,(H,12,13);7H,4-6H2,1-3H3,(H,12,13);1-2H3/t;7-;/m.0./s1. The molecule has 172 valence electrons. The monoisotopic (exact) mass is 454 g/mol. The molecule has 1 aliphatic heterocycles. The molecule has 1 aliphatic rings. The molecule has 1 aromatic heterocycles. The minimum absolute atomic E-state index is 0.185. The van der Waals surface area contributed by atoms with E-state index in [2.05, 4.69) is 4.98 Å². The van der Waals surface area contributed by atoms with Gasteiger partial charge in [0.1, 0.15) is 22.5 Å². The van der Waals surface area contributed by atoms with E-state index in [0.29, 0.717) is 29.3 Å². The fraction of sp³-hybridized carbons (Fsp3) is 0.500. The first-order chi connectivity index (χ1) is 14.5. The molecule has 0 spiro atoms. The number of amides is 1. The number of rotatable bonds is 2. The van der Waals surface area contributed by atoms with E-state index in [1.54, 1.807) is 52.1 Å². The fourth-order valence-corrected chi connectivity index (χ4v) is 3.11. The van der Waals surface area contributed by atoms with Gasteiger partial charge in [-0.15, -0.1) is 0 Å². The third kappa shape index (κ3) is 7.79. The number of carboxylic acids is 1. The summed E-state index contributed by atoms with van der Waals surface area (Å²) in [7, 11) is 1.58. The summed E-state index contributed by atoms with van der Waals surface area (Å²) >= 11 is 5.72. The molecule has 2 heterocycles. The van der Waals surface area contributed by atoms with E-state index < -0.39 is 23.7 Å². The number of fused-ring (bicyclic) bond motifs is 1. The molecule has 0 bridgehead atoms. The van der Waals surface area contributed by atoms with Crippen molar-refractivity contribution in [2.45, 2.75) is 59.1 Å². The quantitative estimate of drug-likeness (QED) is 0.637. The van der Waals surface area contributed by atoms with Crippen LogP contribution in [-0.2, 0) is 9.53 Å². The first-order valence-electron chi connectivity index (χ1n) is 10.1. The SMILES string of the molecule is CC.CC(C)(C)OC(=O)N1CCC[C@H]1C(=O)O.COc1ccc2c(=O)[nH]c(Cl)cc2c1. The summed E-state index contributed by atoms with van der Waals surface area (Å²) in [5.41, 5.74) is -0.766. The summed E-state index contributed by atoms with van der Waals surface area (Å²) < 4.78 is 10.2. The summed E-state index contributed by atoms with van der Waals surface area (Å²) in [5, 5.41) is 10.6. The number of H-pyrrole nitrogens is 1. The zero-order chi connectivity index (χ0) is 23.8. The van der Waals surface area contributed by atoms with Gasteiger partial charge in [0.05, 0.1) is 7.11 Å². The lowest BCUT2D eigenvalue weighted by Gasteiger charge is -2.26. The molecule has 1 atom stereocenters. The summed E-state index contributed by atoms with van der Waals surface area (Å²) in [6.45, 7) is 9.75. The second kappa shape index (κ2) is 11.6. The maximum Gasteiger partial charge on any atom is 0.411 e. The van der Waals surface area contributed by atoms with Crippen molar-refractivity contribution in [1.29, 1.82) is 0 Å². The number of nitrogens with zero attached hydrogens (tertiary/aromatic N) is 1. The maximum atomic E-state index is 11.6. The van der Waals surface area contributed by atoms with Crippen molar-refractivity contribution in [1.82, 2.24) is 9.88 Å². The van der Waals surface area contributed by atoms with Crippen molar-refractivity contribution in [2.24, 2.45) is 0 Å². The van der Waals surface area contributed by atoms with Crippen molar-refractivity contribution < 1.29 is 24.2 Å². The Labute approximate surface area is 187 Å². The van der Waals surface area contributed by atoms with Gasteiger partial charge in [0.25, 0.3) is 5.56 Å². The summed E-state index contributed by atoms with van der Waals surface area (Å²) in [4.78, 5) is 37.7. The summed E-state index contributed by atoms with van der Waals surface area (Å²) in [6, 6.07) is 6.20. The van der Waals surface area contributed by atoms with Crippen LogP contribution in [0.5, 0.6) is 5.75 Å². The van der Waals surface area contributed by atoms with Crippen molar-refractivity contribution in [3.63, 3.8) is 0 Å². The molecule has 8 nitrogen and oxygen atoms in total. The largest absolute Gasteiger partial charge is 0.497 e. The Bertz CT molecular complexity index is 951. The number of aromatic nitrogens is 1. The molecule has 1 amide bonds. The highest BCUT2D eigenvalue weighted by molar-refractivity contribution is 6.30. The van der Waals surface area contributed by atoms with Gasteiger partial charge >= 0.3 is 12.1 Å². The predicted octanol–water partition coefficient (Wildman–Crippen LogP) is 4.69. The van der Waals surface area contributed by atoms with Gasteiger partial charge in [0.2, 0.25) is 0 Å². The summed E-state index contributed by atoms with van der Waals surface area (Å²) in [5.74, 6) is -0.252. The molecular weight excluding hydrogens is 424 g/mol. The second-order valence-electron chi connectivity index (χ2n) is 7.57. The Morgan fingerprint density at radius 1 is 1.23 bits per heavy atom. The number of nitrogens with one attached hydrogen (secondary N) is 1. The molecule has 3 rings (SSSR count). The van der Waals surface area contributed by atoms with Gasteiger partial charge in [-0.25, -0.2) is 9.59 Å². The maximum absolute atomic E-state index is 11.6. The number of ether oxygens (including phenoxy) is 2. The number of likely N-dealkylation sites (tertiary alicyclic amines) is 1. The highest BCUT2D eigenvalue weighted by Gasteiger charge is 2.36. The minimum atomic E-state index is -0.960. The van der Waals surface area contributed by atoms with E-state index in [1.165, 1.54) is 4.90 Å². The zero-order valence-corrected chi connectivity index (χ0v) is 19.6. The van der Waals surface area contributed by atoms with Crippen LogP contribution in [0.2, 0.25) is 5.15 Å². The topological polar surface area (TPSA) is 109 Å². The van der Waals surface area contributed by atoms with Crippen molar-refractivity contribution in [2.75, 3.05) is 13.7 Å². The van der Waals surface area contributed by atoms with Gasteiger partial charge in [-0.3, -0.25) is 9.69 Å². The molecule has 1 fully saturated rings. The van der Waals surface area contributed by atoms with Crippen molar-refractivity contribution in [3.05, 3.63) is 39.8 Å². The second-order valence-corrected chi connectivity index (χ2v) is 7.98. The van der Waals surface area contributed by atoms with Crippen LogP contribution in [0, 0.1) is 0 Å². The molecule has 0 saturated carbocycles. The molecule has 9 heteroatoms. The molecule has 0 aliphatic carbocycles. The molecule has 31 heavy (non-hydrogen) atoms. The van der Waals surface area contributed by atoms with Crippen LogP contribution in [-0.4, -0.2) is 52.4 Å². The minimum Gasteiger partial charge on any atom is -0.497 e. The Kier molecular flexibility index (Phi) is 9.84. The van der Waals surface area contributed by atoms with Gasteiger partial charge in [0, 0.05) is 11.9 Å². The Hall–Kier alpha value is -2.74. The number of pyridine rings is 1. The first kappa shape index (κ1) is 26.3.